The van der Waals surface area contributed by atoms with Gasteiger partial charge in [-0.3, -0.25) is 9.59 Å². The summed E-state index contributed by atoms with van der Waals surface area (Å²) in [5.74, 6) is -1.22. The second-order valence-corrected chi connectivity index (χ2v) is 6.17. The summed E-state index contributed by atoms with van der Waals surface area (Å²) in [6, 6.07) is 17.5. The highest BCUT2D eigenvalue weighted by Crippen LogP contribution is 2.12. The highest BCUT2D eigenvalue weighted by molar-refractivity contribution is 6.35. The van der Waals surface area contributed by atoms with Crippen LogP contribution in [0.1, 0.15) is 24.1 Å². The van der Waals surface area contributed by atoms with Crippen molar-refractivity contribution < 1.29 is 9.59 Å². The van der Waals surface area contributed by atoms with Gasteiger partial charge in [0.2, 0.25) is 0 Å². The molecule has 5 nitrogen and oxygen atoms in total. The van der Waals surface area contributed by atoms with Crippen molar-refractivity contribution >= 4 is 17.5 Å². The molecule has 5 heteroatoms. The Kier molecular flexibility index (Phi) is 6.57. The van der Waals surface area contributed by atoms with Crippen LogP contribution >= 0.6 is 0 Å². The van der Waals surface area contributed by atoms with Crippen LogP contribution in [0, 0.1) is 0 Å². The summed E-state index contributed by atoms with van der Waals surface area (Å²) in [5.41, 5.74) is 3.20. The Hall–Kier alpha value is -2.82. The first kappa shape index (κ1) is 18.5. The molecule has 25 heavy (non-hydrogen) atoms. The summed E-state index contributed by atoms with van der Waals surface area (Å²) in [5, 5.41) is 5.37. The predicted molar refractivity (Wildman–Crippen MR) is 100 cm³/mol. The van der Waals surface area contributed by atoms with Crippen LogP contribution in [0.2, 0.25) is 0 Å². The lowest BCUT2D eigenvalue weighted by Gasteiger charge is -2.14. The number of hydrogen-bond donors (Lipinski definition) is 2. The molecule has 1 atom stereocenters. The topological polar surface area (TPSA) is 61.4 Å². The van der Waals surface area contributed by atoms with Crippen molar-refractivity contribution in [1.82, 2.24) is 10.6 Å². The van der Waals surface area contributed by atoms with Crippen LogP contribution in [-0.4, -0.2) is 32.5 Å². The molecule has 0 aromatic heterocycles. The molecule has 2 aromatic carbocycles. The SMILES string of the molecule is CC(NC(=O)C(=O)NCCc1ccc(N(C)C)cc1)c1ccccc1. The number of carbonyl (C=O) groups excluding carboxylic acids is 2. The molecule has 1 unspecified atom stereocenters. The highest BCUT2D eigenvalue weighted by Gasteiger charge is 2.16. The number of rotatable bonds is 6. The molecule has 0 aliphatic carbocycles. The monoisotopic (exact) mass is 339 g/mol. The summed E-state index contributed by atoms with van der Waals surface area (Å²) in [6.45, 7) is 2.28. The van der Waals surface area contributed by atoms with Gasteiger partial charge in [-0.15, -0.1) is 0 Å². The van der Waals surface area contributed by atoms with Gasteiger partial charge in [0.1, 0.15) is 0 Å². The third-order valence-corrected chi connectivity index (χ3v) is 4.01. The first-order valence-corrected chi connectivity index (χ1v) is 8.37. The van der Waals surface area contributed by atoms with E-state index < -0.39 is 11.8 Å². The van der Waals surface area contributed by atoms with Gasteiger partial charge < -0.3 is 15.5 Å². The number of nitrogens with zero attached hydrogens (tertiary/aromatic N) is 1. The van der Waals surface area contributed by atoms with Crippen molar-refractivity contribution in [3.8, 4) is 0 Å². The molecule has 2 amide bonds. The standard InChI is InChI=1S/C20H25N3O2/c1-15(17-7-5-4-6-8-17)22-20(25)19(24)21-14-13-16-9-11-18(12-10-16)23(2)3/h4-12,15H,13-14H2,1-3H3,(H,21,24)(H,22,25). The van der Waals surface area contributed by atoms with Crippen molar-refractivity contribution in [3.05, 3.63) is 65.7 Å². The van der Waals surface area contributed by atoms with Gasteiger partial charge in [-0.25, -0.2) is 0 Å². The predicted octanol–water partition coefficient (Wildman–Crippen LogP) is 2.29. The average Bonchev–Trinajstić information content (AvgIpc) is 2.62. The van der Waals surface area contributed by atoms with Crippen LogP contribution < -0.4 is 15.5 Å². The second-order valence-electron chi connectivity index (χ2n) is 6.17. The molecular formula is C20H25N3O2. The van der Waals surface area contributed by atoms with Crippen LogP contribution in [0.5, 0.6) is 0 Å². The van der Waals surface area contributed by atoms with Crippen molar-refractivity contribution in [3.63, 3.8) is 0 Å². The van der Waals surface area contributed by atoms with Gasteiger partial charge in [0.15, 0.2) is 0 Å². The maximum atomic E-state index is 12.0. The quantitative estimate of drug-likeness (QED) is 0.794. The van der Waals surface area contributed by atoms with E-state index in [1.165, 1.54) is 0 Å². The minimum atomic E-state index is -0.612. The summed E-state index contributed by atoms with van der Waals surface area (Å²) < 4.78 is 0. The van der Waals surface area contributed by atoms with E-state index in [1.54, 1.807) is 0 Å². The number of hydrogen-bond acceptors (Lipinski definition) is 3. The Morgan fingerprint density at radius 2 is 1.60 bits per heavy atom. The molecule has 0 saturated carbocycles. The van der Waals surface area contributed by atoms with Crippen LogP contribution in [-0.2, 0) is 16.0 Å². The van der Waals surface area contributed by atoms with Crippen LogP contribution in [0.4, 0.5) is 5.69 Å². The largest absolute Gasteiger partial charge is 0.378 e. The van der Waals surface area contributed by atoms with Gasteiger partial charge in [0, 0.05) is 26.3 Å². The maximum Gasteiger partial charge on any atom is 0.309 e. The van der Waals surface area contributed by atoms with E-state index in [0.29, 0.717) is 13.0 Å². The normalized spacial score (nSPS) is 11.5. The van der Waals surface area contributed by atoms with Gasteiger partial charge >= 0.3 is 11.8 Å². The molecule has 2 N–H and O–H groups in total. The fourth-order valence-electron chi connectivity index (χ4n) is 2.45. The van der Waals surface area contributed by atoms with Gasteiger partial charge in [-0.2, -0.15) is 0 Å². The zero-order chi connectivity index (χ0) is 18.2. The Labute approximate surface area is 149 Å². The molecule has 2 aromatic rings. The van der Waals surface area contributed by atoms with Gasteiger partial charge in [-0.05, 0) is 36.6 Å². The van der Waals surface area contributed by atoms with Crippen molar-refractivity contribution in [2.45, 2.75) is 19.4 Å². The zero-order valence-corrected chi connectivity index (χ0v) is 15.0. The first-order valence-electron chi connectivity index (χ1n) is 8.37. The number of carbonyl (C=O) groups is 2. The van der Waals surface area contributed by atoms with Crippen molar-refractivity contribution in [1.29, 1.82) is 0 Å². The van der Waals surface area contributed by atoms with Crippen LogP contribution in [0.3, 0.4) is 0 Å². The van der Waals surface area contributed by atoms with Crippen molar-refractivity contribution in [2.75, 3.05) is 25.5 Å². The van der Waals surface area contributed by atoms with E-state index in [2.05, 4.69) is 10.6 Å². The zero-order valence-electron chi connectivity index (χ0n) is 15.0. The summed E-state index contributed by atoms with van der Waals surface area (Å²) >= 11 is 0. The lowest BCUT2D eigenvalue weighted by Crippen LogP contribution is -2.41. The van der Waals surface area contributed by atoms with E-state index in [0.717, 1.165) is 16.8 Å². The summed E-state index contributed by atoms with van der Waals surface area (Å²) in [7, 11) is 3.98. The highest BCUT2D eigenvalue weighted by atomic mass is 16.2. The van der Waals surface area contributed by atoms with E-state index >= 15 is 0 Å². The number of benzene rings is 2. The third kappa shape index (κ3) is 5.64. The molecule has 0 radical (unpaired) electrons. The smallest absolute Gasteiger partial charge is 0.309 e. The van der Waals surface area contributed by atoms with E-state index in [9.17, 15) is 9.59 Å². The molecule has 0 aliphatic rings. The van der Waals surface area contributed by atoms with Crippen molar-refractivity contribution in [2.24, 2.45) is 0 Å². The molecule has 0 saturated heterocycles. The molecule has 0 spiro atoms. The average molecular weight is 339 g/mol. The second kappa shape index (κ2) is 8.87. The lowest BCUT2D eigenvalue weighted by atomic mass is 10.1. The Balaban J connectivity index is 1.76. The lowest BCUT2D eigenvalue weighted by molar-refractivity contribution is -0.139. The molecule has 2 rings (SSSR count). The summed E-state index contributed by atoms with van der Waals surface area (Å²) in [4.78, 5) is 25.9. The molecule has 132 valence electrons. The summed E-state index contributed by atoms with van der Waals surface area (Å²) in [6.07, 6.45) is 0.682. The van der Waals surface area contributed by atoms with Gasteiger partial charge in [0.25, 0.3) is 0 Å². The van der Waals surface area contributed by atoms with E-state index in [-0.39, 0.29) is 6.04 Å². The van der Waals surface area contributed by atoms with E-state index in [1.807, 2.05) is 80.5 Å². The van der Waals surface area contributed by atoms with Crippen LogP contribution in [0.15, 0.2) is 54.6 Å². The van der Waals surface area contributed by atoms with Gasteiger partial charge in [0.05, 0.1) is 6.04 Å². The molecular weight excluding hydrogens is 314 g/mol. The molecule has 0 fully saturated rings. The Morgan fingerprint density at radius 3 is 2.20 bits per heavy atom. The maximum absolute atomic E-state index is 12.0. The minimum absolute atomic E-state index is 0.210. The molecule has 0 aliphatic heterocycles. The fraction of sp³-hybridized carbons (Fsp3) is 0.300. The van der Waals surface area contributed by atoms with E-state index in [4.69, 9.17) is 0 Å². The third-order valence-electron chi connectivity index (χ3n) is 4.01. The minimum Gasteiger partial charge on any atom is -0.378 e. The fourth-order valence-corrected chi connectivity index (χ4v) is 2.45. The Bertz CT molecular complexity index is 697. The number of nitrogens with one attached hydrogen (secondary N) is 2. The number of anilines is 1. The first-order chi connectivity index (χ1) is 12.0. The van der Waals surface area contributed by atoms with Gasteiger partial charge in [-0.1, -0.05) is 42.5 Å². The molecule has 0 bridgehead atoms. The van der Waals surface area contributed by atoms with Crippen LogP contribution in [0.25, 0.3) is 0 Å². The Morgan fingerprint density at radius 1 is 0.960 bits per heavy atom. The molecule has 0 heterocycles. The number of amides is 2.